The Balaban J connectivity index is 2.24. The summed E-state index contributed by atoms with van der Waals surface area (Å²) < 4.78 is 19.4. The van der Waals surface area contributed by atoms with E-state index in [4.69, 9.17) is 4.74 Å². The van der Waals surface area contributed by atoms with Crippen LogP contribution in [0.3, 0.4) is 0 Å². The van der Waals surface area contributed by atoms with Gasteiger partial charge in [-0.15, -0.1) is 0 Å². The van der Waals surface area contributed by atoms with Crippen LogP contribution in [0.5, 0.6) is 0 Å². The normalized spacial score (nSPS) is 10.5. The molecule has 0 aliphatic heterocycles. The third kappa shape index (κ3) is 6.36. The number of hydrogen-bond acceptors (Lipinski definition) is 2. The first-order chi connectivity index (χ1) is 9.15. The van der Waals surface area contributed by atoms with Crippen LogP contribution in [0.1, 0.15) is 55.8 Å². The van der Waals surface area contributed by atoms with Gasteiger partial charge in [0.15, 0.2) is 0 Å². The van der Waals surface area contributed by atoms with Gasteiger partial charge in [-0.25, -0.2) is 9.18 Å². The van der Waals surface area contributed by atoms with Crippen molar-refractivity contribution in [3.63, 3.8) is 0 Å². The highest BCUT2D eigenvalue weighted by Crippen LogP contribution is 2.13. The molecule has 0 aliphatic carbocycles. The summed E-state index contributed by atoms with van der Waals surface area (Å²) in [6.07, 6.45) is 6.79. The van der Waals surface area contributed by atoms with Crippen LogP contribution in [-0.4, -0.2) is 12.6 Å². The van der Waals surface area contributed by atoms with Crippen molar-refractivity contribution < 1.29 is 13.9 Å². The van der Waals surface area contributed by atoms with Gasteiger partial charge in [0.2, 0.25) is 0 Å². The molecular weight excluding hydrogens is 358 g/mol. The van der Waals surface area contributed by atoms with Gasteiger partial charge in [0, 0.05) is 3.57 Å². The fourth-order valence-electron chi connectivity index (χ4n) is 1.78. The number of hydrogen-bond donors (Lipinski definition) is 0. The molecule has 0 aromatic heterocycles. The maximum atomic E-state index is 13.5. The number of rotatable bonds is 8. The second kappa shape index (κ2) is 9.28. The smallest absolute Gasteiger partial charge is 0.341 e. The van der Waals surface area contributed by atoms with E-state index < -0.39 is 11.8 Å². The molecule has 1 aromatic carbocycles. The summed E-state index contributed by atoms with van der Waals surface area (Å²) in [7, 11) is 0. The minimum absolute atomic E-state index is 0.0198. The molecule has 0 radical (unpaired) electrons. The second-order valence-electron chi connectivity index (χ2n) is 4.53. The molecule has 0 unspecified atom stereocenters. The fourth-order valence-corrected chi connectivity index (χ4v) is 2.23. The molecule has 19 heavy (non-hydrogen) atoms. The minimum atomic E-state index is -0.567. The van der Waals surface area contributed by atoms with E-state index in [-0.39, 0.29) is 5.56 Å². The average Bonchev–Trinajstić information content (AvgIpc) is 2.37. The number of unbranched alkanes of at least 4 members (excludes halogenated alkanes) is 5. The predicted molar refractivity (Wildman–Crippen MR) is 82.8 cm³/mol. The zero-order chi connectivity index (χ0) is 14.1. The summed E-state index contributed by atoms with van der Waals surface area (Å²) in [6.45, 7) is 2.55. The van der Waals surface area contributed by atoms with Gasteiger partial charge in [-0.2, -0.15) is 0 Å². The van der Waals surface area contributed by atoms with Gasteiger partial charge >= 0.3 is 5.97 Å². The van der Waals surface area contributed by atoms with Crippen molar-refractivity contribution in [3.05, 3.63) is 33.1 Å². The molecule has 106 valence electrons. The van der Waals surface area contributed by atoms with E-state index in [1.54, 1.807) is 6.07 Å². The van der Waals surface area contributed by atoms with Crippen LogP contribution in [0.4, 0.5) is 4.39 Å². The van der Waals surface area contributed by atoms with Crippen LogP contribution in [0.25, 0.3) is 0 Å². The molecule has 1 aromatic rings. The van der Waals surface area contributed by atoms with Gasteiger partial charge in [-0.3, -0.25) is 0 Å². The van der Waals surface area contributed by atoms with Gasteiger partial charge < -0.3 is 4.74 Å². The zero-order valence-electron chi connectivity index (χ0n) is 11.3. The molecule has 0 fully saturated rings. The molecule has 2 nitrogen and oxygen atoms in total. The van der Waals surface area contributed by atoms with Gasteiger partial charge in [0.1, 0.15) is 5.82 Å². The Morgan fingerprint density at radius 2 is 1.89 bits per heavy atom. The number of carbonyl (C=O) groups excluding carboxylic acids is 1. The molecule has 0 N–H and O–H groups in total. The van der Waals surface area contributed by atoms with Crippen LogP contribution in [0, 0.1) is 9.39 Å². The van der Waals surface area contributed by atoms with E-state index in [1.807, 2.05) is 22.6 Å². The topological polar surface area (TPSA) is 26.3 Å². The Morgan fingerprint density at radius 1 is 1.21 bits per heavy atom. The monoisotopic (exact) mass is 378 g/mol. The maximum Gasteiger partial charge on any atom is 0.341 e. The van der Waals surface area contributed by atoms with Crippen LogP contribution in [-0.2, 0) is 4.74 Å². The van der Waals surface area contributed by atoms with Gasteiger partial charge in [-0.1, -0.05) is 39.0 Å². The van der Waals surface area contributed by atoms with Crippen molar-refractivity contribution in [1.82, 2.24) is 0 Å². The van der Waals surface area contributed by atoms with Crippen molar-refractivity contribution in [2.75, 3.05) is 6.61 Å². The lowest BCUT2D eigenvalue weighted by molar-refractivity contribution is 0.0492. The standard InChI is InChI=1S/C15H20FIO2/c1-2-3-4-5-6-7-10-19-15(18)13-9-8-12(17)11-14(13)16/h8-9,11H,2-7,10H2,1H3. The molecule has 0 amide bonds. The molecule has 0 spiro atoms. The molecule has 0 aliphatic rings. The summed E-state index contributed by atoms with van der Waals surface area (Å²) in [5.41, 5.74) is 0.0198. The molecule has 4 heteroatoms. The van der Waals surface area contributed by atoms with E-state index >= 15 is 0 Å². The molecule has 0 atom stereocenters. The van der Waals surface area contributed by atoms with Crippen molar-refractivity contribution in [2.24, 2.45) is 0 Å². The molecular formula is C15H20FIO2. The highest BCUT2D eigenvalue weighted by molar-refractivity contribution is 14.1. The van der Waals surface area contributed by atoms with E-state index in [0.29, 0.717) is 6.61 Å². The summed E-state index contributed by atoms with van der Waals surface area (Å²) in [5.74, 6) is -1.08. The average molecular weight is 378 g/mol. The largest absolute Gasteiger partial charge is 0.462 e. The minimum Gasteiger partial charge on any atom is -0.462 e. The van der Waals surface area contributed by atoms with E-state index in [1.165, 1.54) is 37.8 Å². The number of ether oxygens (including phenoxy) is 1. The Bertz CT molecular complexity index is 407. The van der Waals surface area contributed by atoms with E-state index in [2.05, 4.69) is 6.92 Å². The fraction of sp³-hybridized carbons (Fsp3) is 0.533. The summed E-state index contributed by atoms with van der Waals surface area (Å²) in [5, 5.41) is 0. The van der Waals surface area contributed by atoms with Crippen molar-refractivity contribution >= 4 is 28.6 Å². The molecule has 0 saturated carbocycles. The Labute approximate surface area is 127 Å². The van der Waals surface area contributed by atoms with Gasteiger partial charge in [-0.05, 0) is 47.2 Å². The first-order valence-electron chi connectivity index (χ1n) is 6.77. The van der Waals surface area contributed by atoms with Crippen LogP contribution >= 0.6 is 22.6 Å². The summed E-state index contributed by atoms with van der Waals surface area (Å²) in [6, 6.07) is 4.51. The maximum absolute atomic E-state index is 13.5. The Kier molecular flexibility index (Phi) is 8.02. The highest BCUT2D eigenvalue weighted by atomic mass is 127. The summed E-state index contributed by atoms with van der Waals surface area (Å²) >= 11 is 2.00. The first-order valence-corrected chi connectivity index (χ1v) is 7.85. The third-order valence-electron chi connectivity index (χ3n) is 2.88. The SMILES string of the molecule is CCCCCCCCOC(=O)c1ccc(I)cc1F. The highest BCUT2D eigenvalue weighted by Gasteiger charge is 2.12. The van der Waals surface area contributed by atoms with Crippen molar-refractivity contribution in [1.29, 1.82) is 0 Å². The number of benzene rings is 1. The van der Waals surface area contributed by atoms with Crippen LogP contribution in [0.15, 0.2) is 18.2 Å². The van der Waals surface area contributed by atoms with Crippen LogP contribution < -0.4 is 0 Å². The quantitative estimate of drug-likeness (QED) is 0.364. The van der Waals surface area contributed by atoms with Crippen molar-refractivity contribution in [3.8, 4) is 0 Å². The second-order valence-corrected chi connectivity index (χ2v) is 5.77. The molecule has 0 saturated heterocycles. The van der Waals surface area contributed by atoms with E-state index in [0.717, 1.165) is 16.4 Å². The van der Waals surface area contributed by atoms with Gasteiger partial charge in [0.05, 0.1) is 12.2 Å². The zero-order valence-corrected chi connectivity index (χ0v) is 13.4. The molecule has 0 heterocycles. The first kappa shape index (κ1) is 16.4. The van der Waals surface area contributed by atoms with Gasteiger partial charge in [0.25, 0.3) is 0 Å². The number of esters is 1. The lowest BCUT2D eigenvalue weighted by Crippen LogP contribution is -2.08. The summed E-state index contributed by atoms with van der Waals surface area (Å²) in [4.78, 5) is 11.6. The number of halogens is 2. The van der Waals surface area contributed by atoms with Crippen molar-refractivity contribution in [2.45, 2.75) is 45.4 Å². The molecule has 1 rings (SSSR count). The third-order valence-corrected chi connectivity index (χ3v) is 3.55. The lowest BCUT2D eigenvalue weighted by atomic mass is 10.1. The van der Waals surface area contributed by atoms with Crippen LogP contribution in [0.2, 0.25) is 0 Å². The molecule has 0 bridgehead atoms. The van der Waals surface area contributed by atoms with E-state index in [9.17, 15) is 9.18 Å². The Hall–Kier alpha value is -0.650. The lowest BCUT2D eigenvalue weighted by Gasteiger charge is -2.06. The predicted octanol–water partition coefficient (Wildman–Crippen LogP) is 4.95. The Morgan fingerprint density at radius 3 is 2.58 bits per heavy atom. The number of carbonyl (C=O) groups is 1.